The lowest BCUT2D eigenvalue weighted by Crippen LogP contribution is -2.11. The summed E-state index contributed by atoms with van der Waals surface area (Å²) in [5.41, 5.74) is 9.24. The largest absolute Gasteiger partial charge is 0.295 e. The highest BCUT2D eigenvalue weighted by atomic mass is 32.1. The zero-order chi connectivity index (χ0) is 31.9. The van der Waals surface area contributed by atoms with Crippen molar-refractivity contribution in [3.8, 4) is 33.4 Å². The van der Waals surface area contributed by atoms with Gasteiger partial charge in [0.1, 0.15) is 5.82 Å². The van der Waals surface area contributed by atoms with E-state index in [4.69, 9.17) is 4.98 Å². The minimum absolute atomic E-state index is 0.884. The summed E-state index contributed by atoms with van der Waals surface area (Å²) in [6.45, 7) is 0. The van der Waals surface area contributed by atoms with Gasteiger partial charge in [-0.25, -0.2) is 4.98 Å². The fourth-order valence-corrected chi connectivity index (χ4v) is 7.81. The maximum atomic E-state index is 5.12. The number of hydrogen-bond donors (Lipinski definition) is 0. The van der Waals surface area contributed by atoms with E-state index in [-0.39, 0.29) is 0 Å². The fraction of sp³-hybridized carbons (Fsp3) is 0. The summed E-state index contributed by atoms with van der Waals surface area (Å²) < 4.78 is 2.47. The molecular weight excluding hydrogens is 601 g/mol. The van der Waals surface area contributed by atoms with Crippen molar-refractivity contribution >= 4 is 59.5 Å². The van der Waals surface area contributed by atoms with Gasteiger partial charge in [0.05, 0.1) is 4.70 Å². The van der Waals surface area contributed by atoms with Gasteiger partial charge >= 0.3 is 0 Å². The van der Waals surface area contributed by atoms with Crippen LogP contribution in [-0.4, -0.2) is 4.98 Å². The first kappa shape index (κ1) is 28.2. The molecule has 0 spiro atoms. The van der Waals surface area contributed by atoms with E-state index in [0.717, 1.165) is 17.2 Å². The summed E-state index contributed by atoms with van der Waals surface area (Å²) >= 11 is 1.81. The van der Waals surface area contributed by atoms with Gasteiger partial charge in [-0.2, -0.15) is 0 Å². The molecule has 0 fully saturated rings. The van der Waals surface area contributed by atoms with Gasteiger partial charge in [-0.1, -0.05) is 133 Å². The van der Waals surface area contributed by atoms with Crippen LogP contribution in [0.15, 0.2) is 182 Å². The van der Waals surface area contributed by atoms with Crippen molar-refractivity contribution in [2.75, 3.05) is 4.90 Å². The summed E-state index contributed by atoms with van der Waals surface area (Å²) in [5.74, 6) is 0.884. The van der Waals surface area contributed by atoms with Gasteiger partial charge < -0.3 is 0 Å². The zero-order valence-corrected chi connectivity index (χ0v) is 26.9. The van der Waals surface area contributed by atoms with Crippen molar-refractivity contribution in [3.63, 3.8) is 0 Å². The van der Waals surface area contributed by atoms with E-state index < -0.39 is 0 Å². The summed E-state index contributed by atoms with van der Waals surface area (Å²) in [5, 5.41) is 5.00. The first-order chi connectivity index (χ1) is 23.8. The van der Waals surface area contributed by atoms with Gasteiger partial charge in [0, 0.05) is 33.0 Å². The lowest BCUT2D eigenvalue weighted by molar-refractivity contribution is 1.19. The molecule has 2 nitrogen and oxygen atoms in total. The molecule has 226 valence electrons. The molecule has 0 aliphatic rings. The second kappa shape index (κ2) is 12.0. The van der Waals surface area contributed by atoms with Crippen molar-refractivity contribution in [3.05, 3.63) is 182 Å². The minimum Gasteiger partial charge on any atom is -0.295 e. The lowest BCUT2D eigenvalue weighted by atomic mass is 9.93. The molecule has 2 heterocycles. The molecule has 0 saturated heterocycles. The predicted octanol–water partition coefficient (Wildman–Crippen LogP) is 13.1. The van der Waals surface area contributed by atoms with Gasteiger partial charge in [-0.05, 0) is 86.6 Å². The Morgan fingerprint density at radius 1 is 0.396 bits per heavy atom. The van der Waals surface area contributed by atoms with E-state index >= 15 is 0 Å². The minimum atomic E-state index is 0.884. The Kier molecular flexibility index (Phi) is 7.03. The molecule has 9 rings (SSSR count). The molecule has 0 saturated carbocycles. The van der Waals surface area contributed by atoms with Crippen LogP contribution in [0.3, 0.4) is 0 Å². The Hall–Kier alpha value is -6.03. The molecule has 9 aromatic rings. The molecular formula is C45H30N2S. The maximum absolute atomic E-state index is 5.12. The molecule has 3 heteroatoms. The van der Waals surface area contributed by atoms with Crippen LogP contribution in [0.25, 0.3) is 64.3 Å². The molecule has 2 aromatic heterocycles. The number of benzene rings is 7. The Labute approximate surface area is 283 Å². The van der Waals surface area contributed by atoms with Crippen LogP contribution in [0.2, 0.25) is 0 Å². The summed E-state index contributed by atoms with van der Waals surface area (Å²) in [4.78, 5) is 7.42. The SMILES string of the molecule is c1ccc(-c2ccc(N(c3ccc(-c4ccccc4)c(-c4ccccc4)c3)c3cc4c(cn3)sc3cc5ccccc5cc34)cc2)cc1. The smallest absolute Gasteiger partial charge is 0.138 e. The van der Waals surface area contributed by atoms with Crippen LogP contribution in [-0.2, 0) is 0 Å². The van der Waals surface area contributed by atoms with Crippen molar-refractivity contribution in [1.82, 2.24) is 4.98 Å². The van der Waals surface area contributed by atoms with Gasteiger partial charge in [-0.15, -0.1) is 11.3 Å². The maximum Gasteiger partial charge on any atom is 0.138 e. The Morgan fingerprint density at radius 2 is 0.938 bits per heavy atom. The summed E-state index contributed by atoms with van der Waals surface area (Å²) in [7, 11) is 0. The summed E-state index contributed by atoms with van der Waals surface area (Å²) in [6.07, 6.45) is 2.04. The molecule has 0 N–H and O–H groups in total. The molecule has 7 aromatic carbocycles. The normalized spacial score (nSPS) is 11.3. The highest BCUT2D eigenvalue weighted by molar-refractivity contribution is 7.25. The molecule has 0 atom stereocenters. The number of pyridine rings is 1. The molecule has 0 unspecified atom stereocenters. The first-order valence-corrected chi connectivity index (χ1v) is 17.0. The first-order valence-electron chi connectivity index (χ1n) is 16.2. The summed E-state index contributed by atoms with van der Waals surface area (Å²) in [6, 6.07) is 63.0. The third kappa shape index (κ3) is 5.11. The molecule has 0 radical (unpaired) electrons. The van der Waals surface area contributed by atoms with Crippen LogP contribution in [0.5, 0.6) is 0 Å². The number of aromatic nitrogens is 1. The number of rotatable bonds is 6. The van der Waals surface area contributed by atoms with Gasteiger partial charge in [0.2, 0.25) is 0 Å². The monoisotopic (exact) mass is 630 g/mol. The van der Waals surface area contributed by atoms with Crippen LogP contribution in [0.4, 0.5) is 17.2 Å². The number of hydrogen-bond acceptors (Lipinski definition) is 3. The number of nitrogens with zero attached hydrogens (tertiary/aromatic N) is 2. The Morgan fingerprint density at radius 3 is 1.62 bits per heavy atom. The molecule has 0 aliphatic heterocycles. The average Bonchev–Trinajstić information content (AvgIpc) is 3.52. The van der Waals surface area contributed by atoms with E-state index in [0.29, 0.717) is 0 Å². The van der Waals surface area contributed by atoms with Crippen LogP contribution in [0, 0.1) is 0 Å². The van der Waals surface area contributed by atoms with Crippen molar-refractivity contribution < 1.29 is 0 Å². The lowest BCUT2D eigenvalue weighted by Gasteiger charge is -2.26. The van der Waals surface area contributed by atoms with Crippen molar-refractivity contribution in [2.24, 2.45) is 0 Å². The van der Waals surface area contributed by atoms with E-state index in [1.54, 1.807) is 11.3 Å². The number of anilines is 3. The second-order valence-corrected chi connectivity index (χ2v) is 13.1. The third-order valence-electron chi connectivity index (χ3n) is 9.10. The average molecular weight is 631 g/mol. The predicted molar refractivity (Wildman–Crippen MR) is 206 cm³/mol. The highest BCUT2D eigenvalue weighted by Gasteiger charge is 2.19. The zero-order valence-electron chi connectivity index (χ0n) is 26.1. The highest BCUT2D eigenvalue weighted by Crippen LogP contribution is 2.43. The van der Waals surface area contributed by atoms with E-state index in [1.807, 2.05) is 6.20 Å². The van der Waals surface area contributed by atoms with Crippen LogP contribution >= 0.6 is 11.3 Å². The molecule has 0 bridgehead atoms. The van der Waals surface area contributed by atoms with Gasteiger partial charge in [0.15, 0.2) is 0 Å². The Balaban J connectivity index is 1.25. The van der Waals surface area contributed by atoms with Crippen molar-refractivity contribution in [1.29, 1.82) is 0 Å². The second-order valence-electron chi connectivity index (χ2n) is 12.0. The third-order valence-corrected chi connectivity index (χ3v) is 10.2. The standard InChI is InChI=1S/C45H30N2S/c1-4-12-31(13-5-1)32-20-22-37(23-21-32)47(38-24-25-39(33-14-6-2-7-15-33)40(28-38)34-16-8-3-9-17-34)45-29-42-41-26-35-18-10-11-19-36(35)27-43(41)48-44(42)30-46-45/h1-30H. The molecule has 0 aliphatic carbocycles. The molecule has 48 heavy (non-hydrogen) atoms. The van der Waals surface area contributed by atoms with Crippen molar-refractivity contribution in [2.45, 2.75) is 0 Å². The number of fused-ring (bicyclic) bond motifs is 4. The van der Waals surface area contributed by atoms with E-state index in [2.05, 4.69) is 181 Å². The van der Waals surface area contributed by atoms with Gasteiger partial charge in [-0.3, -0.25) is 4.90 Å². The topological polar surface area (TPSA) is 16.1 Å². The number of thiophene rings is 1. The molecule has 0 amide bonds. The fourth-order valence-electron chi connectivity index (χ4n) is 6.72. The van der Waals surface area contributed by atoms with E-state index in [9.17, 15) is 0 Å². The van der Waals surface area contributed by atoms with Crippen LogP contribution in [0.1, 0.15) is 0 Å². The van der Waals surface area contributed by atoms with Gasteiger partial charge in [0.25, 0.3) is 0 Å². The van der Waals surface area contributed by atoms with Crippen LogP contribution < -0.4 is 4.90 Å². The Bertz CT molecular complexity index is 2540. The quantitative estimate of drug-likeness (QED) is 0.182. The van der Waals surface area contributed by atoms with E-state index in [1.165, 1.54) is 64.3 Å².